The molecule has 38 heavy (non-hydrogen) atoms. The maximum Gasteiger partial charge on any atom is 0.273 e. The lowest BCUT2D eigenvalue weighted by atomic mass is 10.1. The summed E-state index contributed by atoms with van der Waals surface area (Å²) in [6.07, 6.45) is 0.691. The summed E-state index contributed by atoms with van der Waals surface area (Å²) in [6.45, 7) is 2.26. The molecule has 4 aromatic rings. The molecule has 0 spiro atoms. The van der Waals surface area contributed by atoms with Crippen molar-refractivity contribution in [1.82, 2.24) is 10.9 Å². The predicted octanol–water partition coefficient (Wildman–Crippen LogP) is 5.71. The number of benzene rings is 4. The third kappa shape index (κ3) is 7.08. The lowest BCUT2D eigenvalue weighted by Crippen LogP contribution is -2.41. The number of halogens is 1. The molecule has 7 nitrogen and oxygen atoms in total. The summed E-state index contributed by atoms with van der Waals surface area (Å²) in [4.78, 5) is 38.0. The molecule has 0 aromatic heterocycles. The van der Waals surface area contributed by atoms with Crippen molar-refractivity contribution in [3.8, 4) is 5.75 Å². The molecular weight excluding hydrogens is 546 g/mol. The van der Waals surface area contributed by atoms with Gasteiger partial charge in [-0.15, -0.1) is 0 Å². The minimum atomic E-state index is -0.517. The van der Waals surface area contributed by atoms with Gasteiger partial charge >= 0.3 is 0 Å². The highest BCUT2D eigenvalue weighted by atomic mass is 79.9. The summed E-state index contributed by atoms with van der Waals surface area (Å²) in [5.74, 6) is -0.846. The van der Waals surface area contributed by atoms with Crippen LogP contribution in [0.2, 0.25) is 0 Å². The first-order valence-electron chi connectivity index (χ1n) is 11.9. The standard InChI is InChI=1S/C30H26BrN3O4/c1-20-7-5-6-10-25(20)29(36)32-24-14-11-22(12-15-24)28(35)33-34-30(37)26-19-23(31)13-16-27(26)38-18-17-21-8-3-2-4-9-21/h2-16,19H,17-18H2,1H3,(H,32,36)(H,33,35)(H,34,37). The molecule has 0 aliphatic heterocycles. The van der Waals surface area contributed by atoms with E-state index in [2.05, 4.69) is 32.1 Å². The van der Waals surface area contributed by atoms with E-state index in [1.807, 2.05) is 49.4 Å². The zero-order chi connectivity index (χ0) is 26.9. The van der Waals surface area contributed by atoms with Gasteiger partial charge in [0.1, 0.15) is 5.75 Å². The van der Waals surface area contributed by atoms with E-state index in [0.717, 1.165) is 11.1 Å². The lowest BCUT2D eigenvalue weighted by molar-refractivity contribution is 0.0844. The first kappa shape index (κ1) is 26.6. The van der Waals surface area contributed by atoms with Gasteiger partial charge in [0.15, 0.2) is 0 Å². The van der Waals surface area contributed by atoms with Gasteiger partial charge in [0.2, 0.25) is 0 Å². The van der Waals surface area contributed by atoms with Crippen molar-refractivity contribution in [3.05, 3.63) is 129 Å². The fourth-order valence-corrected chi connectivity index (χ4v) is 4.07. The van der Waals surface area contributed by atoms with Gasteiger partial charge in [-0.05, 0) is 66.6 Å². The molecular formula is C30H26BrN3O4. The number of hydrogen-bond donors (Lipinski definition) is 3. The molecule has 0 atom stereocenters. The van der Waals surface area contributed by atoms with Crippen LogP contribution in [-0.4, -0.2) is 24.3 Å². The molecule has 3 N–H and O–H groups in total. The van der Waals surface area contributed by atoms with Crippen molar-refractivity contribution >= 4 is 39.3 Å². The Hall–Kier alpha value is -4.43. The molecule has 0 aliphatic rings. The average molecular weight is 572 g/mol. The van der Waals surface area contributed by atoms with Crippen LogP contribution in [0.4, 0.5) is 5.69 Å². The highest BCUT2D eigenvalue weighted by Gasteiger charge is 2.15. The van der Waals surface area contributed by atoms with E-state index < -0.39 is 11.8 Å². The SMILES string of the molecule is Cc1ccccc1C(=O)Nc1ccc(C(=O)NNC(=O)c2cc(Br)ccc2OCCc2ccccc2)cc1. The second-order valence-corrected chi connectivity index (χ2v) is 9.39. The molecule has 0 fully saturated rings. The monoisotopic (exact) mass is 571 g/mol. The molecule has 0 radical (unpaired) electrons. The van der Waals surface area contributed by atoms with Crippen LogP contribution in [0.5, 0.6) is 5.75 Å². The Morgan fingerprint density at radius 3 is 2.16 bits per heavy atom. The van der Waals surface area contributed by atoms with Crippen LogP contribution < -0.4 is 20.9 Å². The Bertz CT molecular complexity index is 1440. The number of carbonyl (C=O) groups is 3. The molecule has 0 saturated carbocycles. The van der Waals surface area contributed by atoms with Gasteiger partial charge in [0.05, 0.1) is 12.2 Å². The Labute approximate surface area is 229 Å². The van der Waals surface area contributed by atoms with Crippen molar-refractivity contribution in [2.75, 3.05) is 11.9 Å². The van der Waals surface area contributed by atoms with Gasteiger partial charge < -0.3 is 10.1 Å². The quantitative estimate of drug-likeness (QED) is 0.236. The normalized spacial score (nSPS) is 10.4. The molecule has 0 bridgehead atoms. The van der Waals surface area contributed by atoms with E-state index >= 15 is 0 Å². The number of ether oxygens (including phenoxy) is 1. The van der Waals surface area contributed by atoms with Crippen LogP contribution in [0.25, 0.3) is 0 Å². The van der Waals surface area contributed by atoms with Crippen molar-refractivity contribution in [2.24, 2.45) is 0 Å². The van der Waals surface area contributed by atoms with E-state index in [9.17, 15) is 14.4 Å². The molecule has 3 amide bonds. The number of carbonyl (C=O) groups excluding carboxylic acids is 3. The number of amides is 3. The first-order chi connectivity index (χ1) is 18.4. The minimum absolute atomic E-state index is 0.233. The van der Waals surface area contributed by atoms with Gasteiger partial charge in [-0.2, -0.15) is 0 Å². The summed E-state index contributed by atoms with van der Waals surface area (Å²) in [7, 11) is 0. The number of hydrogen-bond acceptors (Lipinski definition) is 4. The minimum Gasteiger partial charge on any atom is -0.492 e. The van der Waals surface area contributed by atoms with Crippen LogP contribution >= 0.6 is 15.9 Å². The van der Waals surface area contributed by atoms with E-state index in [4.69, 9.17) is 4.74 Å². The number of nitrogens with one attached hydrogen (secondary N) is 3. The predicted molar refractivity (Wildman–Crippen MR) is 150 cm³/mol. The van der Waals surface area contributed by atoms with E-state index in [1.54, 1.807) is 54.6 Å². The van der Waals surface area contributed by atoms with Crippen molar-refractivity contribution in [1.29, 1.82) is 0 Å². The van der Waals surface area contributed by atoms with Crippen LogP contribution in [0.15, 0.2) is 102 Å². The molecule has 0 unspecified atom stereocenters. The molecule has 8 heteroatoms. The summed E-state index contributed by atoms with van der Waals surface area (Å²) in [5, 5.41) is 2.82. The zero-order valence-corrected chi connectivity index (χ0v) is 22.2. The van der Waals surface area contributed by atoms with Gasteiger partial charge in [0, 0.05) is 27.7 Å². The van der Waals surface area contributed by atoms with Crippen molar-refractivity contribution in [3.63, 3.8) is 0 Å². The number of hydrazine groups is 1. The van der Waals surface area contributed by atoms with E-state index in [1.165, 1.54) is 0 Å². The topological polar surface area (TPSA) is 96.5 Å². The summed E-state index contributed by atoms with van der Waals surface area (Å²) < 4.78 is 6.57. The average Bonchev–Trinajstić information content (AvgIpc) is 2.93. The molecule has 4 aromatic carbocycles. The summed E-state index contributed by atoms with van der Waals surface area (Å²) >= 11 is 3.38. The second-order valence-electron chi connectivity index (χ2n) is 8.48. The van der Waals surface area contributed by atoms with Gasteiger partial charge in [-0.3, -0.25) is 25.2 Å². The molecule has 0 saturated heterocycles. The fourth-order valence-electron chi connectivity index (χ4n) is 3.71. The Kier molecular flexibility index (Phi) is 8.89. The first-order valence-corrected chi connectivity index (χ1v) is 12.7. The molecule has 0 aliphatic carbocycles. The van der Waals surface area contributed by atoms with Gasteiger partial charge in [-0.25, -0.2) is 0 Å². The number of rotatable bonds is 8. The lowest BCUT2D eigenvalue weighted by Gasteiger charge is -2.13. The maximum absolute atomic E-state index is 12.9. The van der Waals surface area contributed by atoms with Crippen LogP contribution in [0, 0.1) is 6.92 Å². The van der Waals surface area contributed by atoms with Crippen molar-refractivity contribution in [2.45, 2.75) is 13.3 Å². The van der Waals surface area contributed by atoms with Gasteiger partial charge in [0.25, 0.3) is 17.7 Å². The third-order valence-corrected chi connectivity index (χ3v) is 6.25. The third-order valence-electron chi connectivity index (χ3n) is 5.76. The maximum atomic E-state index is 12.9. The van der Waals surface area contributed by atoms with Gasteiger partial charge in [-0.1, -0.05) is 64.5 Å². The Morgan fingerprint density at radius 2 is 1.42 bits per heavy atom. The Balaban J connectivity index is 1.33. The fraction of sp³-hybridized carbons (Fsp3) is 0.100. The highest BCUT2D eigenvalue weighted by molar-refractivity contribution is 9.10. The summed E-state index contributed by atoms with van der Waals surface area (Å²) in [5.41, 5.74) is 8.57. The van der Waals surface area contributed by atoms with Crippen LogP contribution in [0.3, 0.4) is 0 Å². The smallest absolute Gasteiger partial charge is 0.273 e. The number of aryl methyl sites for hydroxylation is 1. The largest absolute Gasteiger partial charge is 0.492 e. The second kappa shape index (κ2) is 12.7. The van der Waals surface area contributed by atoms with Crippen LogP contribution in [0.1, 0.15) is 42.2 Å². The van der Waals surface area contributed by atoms with E-state index in [-0.39, 0.29) is 11.5 Å². The van der Waals surface area contributed by atoms with Crippen molar-refractivity contribution < 1.29 is 19.1 Å². The summed E-state index contributed by atoms with van der Waals surface area (Å²) in [6, 6.07) is 28.7. The Morgan fingerprint density at radius 1 is 0.737 bits per heavy atom. The van der Waals surface area contributed by atoms with Crippen LogP contribution in [-0.2, 0) is 6.42 Å². The zero-order valence-electron chi connectivity index (χ0n) is 20.7. The van der Waals surface area contributed by atoms with E-state index in [0.29, 0.717) is 40.1 Å². The molecule has 0 heterocycles. The molecule has 192 valence electrons. The number of anilines is 1. The highest BCUT2D eigenvalue weighted by Crippen LogP contribution is 2.23. The molecule has 4 rings (SSSR count).